The third-order valence-electron chi connectivity index (χ3n) is 6.23. The van der Waals surface area contributed by atoms with E-state index in [2.05, 4.69) is 35.8 Å². The lowest BCUT2D eigenvalue weighted by molar-refractivity contribution is 0.0760. The lowest BCUT2D eigenvalue weighted by Gasteiger charge is -2.28. The fourth-order valence-corrected chi connectivity index (χ4v) is 4.41. The third kappa shape index (κ3) is 6.25. The second-order valence-corrected chi connectivity index (χ2v) is 8.90. The Morgan fingerprint density at radius 1 is 1.03 bits per heavy atom. The highest BCUT2D eigenvalue weighted by molar-refractivity contribution is 5.94. The Morgan fingerprint density at radius 3 is 2.56 bits per heavy atom. The summed E-state index contributed by atoms with van der Waals surface area (Å²) < 4.78 is 6.09. The largest absolute Gasteiger partial charge is 0.491 e. The number of rotatable bonds is 10. The number of para-hydroxylation sites is 1. The van der Waals surface area contributed by atoms with Crippen molar-refractivity contribution in [2.75, 3.05) is 13.2 Å². The minimum Gasteiger partial charge on any atom is -0.491 e. The van der Waals surface area contributed by atoms with Crippen molar-refractivity contribution in [3.05, 3.63) is 89.5 Å². The molecule has 3 aromatic rings. The second-order valence-electron chi connectivity index (χ2n) is 8.90. The number of fused-ring (bicyclic) bond motifs is 1. The summed E-state index contributed by atoms with van der Waals surface area (Å²) in [5.74, 6) is 0.729. The molecule has 178 valence electrons. The predicted octanol–water partition coefficient (Wildman–Crippen LogP) is 4.73. The first kappa shape index (κ1) is 24.0. The third-order valence-corrected chi connectivity index (χ3v) is 6.23. The van der Waals surface area contributed by atoms with Gasteiger partial charge in [-0.2, -0.15) is 0 Å². The summed E-state index contributed by atoms with van der Waals surface area (Å²) in [6.07, 6.45) is 3.25. The standard InChI is InChI=1S/C29H34N2O3/c1-2-18-30-26-19-25-12-6-10-23(28(25)34-20-26)11-7-13-27(32)31-29(33)24-16-14-22(15-17-24)21-8-4-3-5-9-21/h3-6,8-10,12,14-17,26-27,30,32H,2,7,11,13,18-20H2,1H3,(H,31,33)/t26-,27?/m0/s1. The summed E-state index contributed by atoms with van der Waals surface area (Å²) in [5.41, 5.74) is 5.11. The van der Waals surface area contributed by atoms with E-state index in [-0.39, 0.29) is 5.91 Å². The molecule has 1 aliphatic heterocycles. The van der Waals surface area contributed by atoms with E-state index < -0.39 is 6.23 Å². The molecule has 0 saturated heterocycles. The summed E-state index contributed by atoms with van der Waals surface area (Å²) in [7, 11) is 0. The number of nitrogens with one attached hydrogen (secondary N) is 2. The lowest BCUT2D eigenvalue weighted by atomic mass is 9.97. The van der Waals surface area contributed by atoms with Gasteiger partial charge in [0.05, 0.1) is 0 Å². The zero-order valence-electron chi connectivity index (χ0n) is 19.8. The van der Waals surface area contributed by atoms with Crippen LogP contribution in [0.15, 0.2) is 72.8 Å². The highest BCUT2D eigenvalue weighted by Crippen LogP contribution is 2.30. The first-order valence-electron chi connectivity index (χ1n) is 12.3. The van der Waals surface area contributed by atoms with Crippen LogP contribution >= 0.6 is 0 Å². The molecule has 0 spiro atoms. The van der Waals surface area contributed by atoms with Crippen molar-refractivity contribution in [2.24, 2.45) is 0 Å². The molecular weight excluding hydrogens is 424 g/mol. The van der Waals surface area contributed by atoms with Gasteiger partial charge in [0.2, 0.25) is 0 Å². The van der Waals surface area contributed by atoms with Gasteiger partial charge in [-0.25, -0.2) is 0 Å². The van der Waals surface area contributed by atoms with Crippen LogP contribution in [0, 0.1) is 0 Å². The Kier molecular flexibility index (Phi) is 8.34. The number of hydrogen-bond donors (Lipinski definition) is 3. The molecule has 5 heteroatoms. The first-order chi connectivity index (χ1) is 16.6. The Hall–Kier alpha value is -3.15. The summed E-state index contributed by atoms with van der Waals surface area (Å²) in [5, 5.41) is 16.6. The van der Waals surface area contributed by atoms with Crippen molar-refractivity contribution in [3.8, 4) is 16.9 Å². The SMILES string of the molecule is CCCN[C@@H]1COc2c(CCCC(O)NC(=O)c3ccc(-c4ccccc4)cc3)cccc2C1. The number of amides is 1. The molecule has 1 amide bonds. The number of carbonyl (C=O) groups excluding carboxylic acids is 1. The maximum atomic E-state index is 12.5. The van der Waals surface area contributed by atoms with Gasteiger partial charge in [-0.1, -0.05) is 67.6 Å². The molecule has 0 aromatic heterocycles. The molecule has 2 atom stereocenters. The molecule has 1 unspecified atom stereocenters. The van der Waals surface area contributed by atoms with E-state index in [9.17, 15) is 9.90 Å². The molecular formula is C29H34N2O3. The molecule has 0 radical (unpaired) electrons. The predicted molar refractivity (Wildman–Crippen MR) is 136 cm³/mol. The van der Waals surface area contributed by atoms with Gasteiger partial charge in [-0.15, -0.1) is 0 Å². The summed E-state index contributed by atoms with van der Waals surface area (Å²) in [6.45, 7) is 3.86. The second kappa shape index (κ2) is 11.8. The molecule has 3 N–H and O–H groups in total. The summed E-state index contributed by atoms with van der Waals surface area (Å²) in [6, 6.07) is 24.2. The van der Waals surface area contributed by atoms with Crippen LogP contribution in [0.4, 0.5) is 0 Å². The van der Waals surface area contributed by atoms with Crippen LogP contribution < -0.4 is 15.4 Å². The molecule has 0 bridgehead atoms. The maximum absolute atomic E-state index is 12.5. The summed E-state index contributed by atoms with van der Waals surface area (Å²) >= 11 is 0. The number of aliphatic hydroxyl groups is 1. The monoisotopic (exact) mass is 458 g/mol. The van der Waals surface area contributed by atoms with Crippen molar-refractivity contribution < 1.29 is 14.6 Å². The number of hydrogen-bond acceptors (Lipinski definition) is 4. The average Bonchev–Trinajstić information content (AvgIpc) is 2.88. The van der Waals surface area contributed by atoms with Gasteiger partial charge in [-0.3, -0.25) is 4.79 Å². The van der Waals surface area contributed by atoms with Crippen LogP contribution in [0.1, 0.15) is 47.7 Å². The van der Waals surface area contributed by atoms with Crippen LogP contribution in [-0.4, -0.2) is 36.4 Å². The van der Waals surface area contributed by atoms with E-state index in [0.717, 1.165) is 49.1 Å². The zero-order valence-corrected chi connectivity index (χ0v) is 19.8. The molecule has 34 heavy (non-hydrogen) atoms. The number of carbonyl (C=O) groups is 1. The van der Waals surface area contributed by atoms with Crippen LogP contribution in [0.2, 0.25) is 0 Å². The maximum Gasteiger partial charge on any atom is 0.253 e. The quantitative estimate of drug-likeness (QED) is 0.384. The number of ether oxygens (including phenoxy) is 1. The first-order valence-corrected chi connectivity index (χ1v) is 12.3. The van der Waals surface area contributed by atoms with E-state index in [0.29, 0.717) is 24.6 Å². The molecule has 1 heterocycles. The van der Waals surface area contributed by atoms with Crippen molar-refractivity contribution in [1.29, 1.82) is 0 Å². The normalized spacial score (nSPS) is 15.8. The molecule has 0 saturated carbocycles. The van der Waals surface area contributed by atoms with Gasteiger partial charge in [0.25, 0.3) is 5.91 Å². The Morgan fingerprint density at radius 2 is 1.79 bits per heavy atom. The number of aryl methyl sites for hydroxylation is 1. The average molecular weight is 459 g/mol. The molecule has 0 fully saturated rings. The van der Waals surface area contributed by atoms with E-state index in [1.807, 2.05) is 42.5 Å². The van der Waals surface area contributed by atoms with Gasteiger partial charge < -0.3 is 20.5 Å². The minimum atomic E-state index is -0.885. The lowest BCUT2D eigenvalue weighted by Crippen LogP contribution is -2.39. The van der Waals surface area contributed by atoms with Gasteiger partial charge >= 0.3 is 0 Å². The Labute approximate surface area is 202 Å². The summed E-state index contributed by atoms with van der Waals surface area (Å²) in [4.78, 5) is 12.5. The topological polar surface area (TPSA) is 70.6 Å². The van der Waals surface area contributed by atoms with E-state index in [4.69, 9.17) is 4.74 Å². The smallest absolute Gasteiger partial charge is 0.253 e. The fraction of sp³-hybridized carbons (Fsp3) is 0.345. The van der Waals surface area contributed by atoms with Crippen molar-refractivity contribution in [2.45, 2.75) is 51.3 Å². The van der Waals surface area contributed by atoms with Crippen LogP contribution in [0.5, 0.6) is 5.75 Å². The molecule has 0 aliphatic carbocycles. The van der Waals surface area contributed by atoms with Gasteiger partial charge in [-0.05, 0) is 73.0 Å². The van der Waals surface area contributed by atoms with Crippen LogP contribution in [0.3, 0.4) is 0 Å². The molecule has 3 aromatic carbocycles. The van der Waals surface area contributed by atoms with Gasteiger partial charge in [0.1, 0.15) is 18.6 Å². The van der Waals surface area contributed by atoms with Gasteiger partial charge in [0, 0.05) is 11.6 Å². The zero-order chi connectivity index (χ0) is 23.8. The van der Waals surface area contributed by atoms with Crippen LogP contribution in [0.25, 0.3) is 11.1 Å². The minimum absolute atomic E-state index is 0.266. The van der Waals surface area contributed by atoms with Gasteiger partial charge in [0.15, 0.2) is 0 Å². The van der Waals surface area contributed by atoms with Crippen molar-refractivity contribution >= 4 is 5.91 Å². The van der Waals surface area contributed by atoms with E-state index in [1.54, 1.807) is 12.1 Å². The van der Waals surface area contributed by atoms with Crippen molar-refractivity contribution in [3.63, 3.8) is 0 Å². The Bertz CT molecular complexity index is 1070. The molecule has 5 nitrogen and oxygen atoms in total. The Balaban J connectivity index is 1.26. The van der Waals surface area contributed by atoms with E-state index in [1.165, 1.54) is 11.1 Å². The number of aliphatic hydroxyl groups excluding tert-OH is 1. The van der Waals surface area contributed by atoms with E-state index >= 15 is 0 Å². The molecule has 4 rings (SSSR count). The fourth-order valence-electron chi connectivity index (χ4n) is 4.41. The van der Waals surface area contributed by atoms with Crippen LogP contribution in [-0.2, 0) is 12.8 Å². The molecule has 1 aliphatic rings. The number of benzene rings is 3. The highest BCUT2D eigenvalue weighted by Gasteiger charge is 2.21. The highest BCUT2D eigenvalue weighted by atomic mass is 16.5. The van der Waals surface area contributed by atoms with Crippen molar-refractivity contribution in [1.82, 2.24) is 10.6 Å².